The second-order valence-electron chi connectivity index (χ2n) is 11.9. The summed E-state index contributed by atoms with van der Waals surface area (Å²) in [5.74, 6) is 4.67. The maximum Gasteiger partial charge on any atom is 0.511 e. The van der Waals surface area contributed by atoms with E-state index < -0.39 is 6.16 Å². The van der Waals surface area contributed by atoms with Crippen LogP contribution in [0.15, 0.2) is 36.4 Å². The molecule has 2 aromatic carbocycles. The predicted molar refractivity (Wildman–Crippen MR) is 153 cm³/mol. The maximum absolute atomic E-state index is 11.5. The molecule has 0 aromatic heterocycles. The topological polar surface area (TPSA) is 65.0 Å². The van der Waals surface area contributed by atoms with Gasteiger partial charge in [-0.1, -0.05) is 77.9 Å². The lowest BCUT2D eigenvalue weighted by Crippen LogP contribution is -2.17. The summed E-state index contributed by atoms with van der Waals surface area (Å²) in [5, 5.41) is 10.2. The van der Waals surface area contributed by atoms with Gasteiger partial charge in [-0.05, 0) is 97.3 Å². The summed E-state index contributed by atoms with van der Waals surface area (Å²) < 4.78 is 15.8. The summed E-state index contributed by atoms with van der Waals surface area (Å²) in [6, 6.07) is 12.5. The Balaban J connectivity index is 0.000000230. The Kier molecular flexibility index (Phi) is 10.5. The third-order valence-electron chi connectivity index (χ3n) is 7.77. The average molecular weight is 525 g/mol. The Labute approximate surface area is 229 Å². The molecule has 0 bridgehead atoms. The van der Waals surface area contributed by atoms with Gasteiger partial charge in [0.05, 0.1) is 6.10 Å². The molecular weight excluding hydrogens is 476 g/mol. The van der Waals surface area contributed by atoms with Gasteiger partial charge in [0, 0.05) is 0 Å². The molecule has 2 fully saturated rings. The second kappa shape index (κ2) is 13.4. The van der Waals surface area contributed by atoms with E-state index in [0.717, 1.165) is 34.3 Å². The van der Waals surface area contributed by atoms with Crippen LogP contribution in [-0.4, -0.2) is 24.2 Å². The highest BCUT2D eigenvalue weighted by Crippen LogP contribution is 2.47. The van der Waals surface area contributed by atoms with E-state index in [2.05, 4.69) is 71.9 Å². The molecule has 0 heterocycles. The van der Waals surface area contributed by atoms with Gasteiger partial charge in [-0.3, -0.25) is 0 Å². The van der Waals surface area contributed by atoms with Crippen molar-refractivity contribution in [3.05, 3.63) is 58.7 Å². The molecule has 0 spiro atoms. The first-order chi connectivity index (χ1) is 18.0. The van der Waals surface area contributed by atoms with Crippen LogP contribution in [0, 0.1) is 11.8 Å². The first-order valence-electron chi connectivity index (χ1n) is 14.4. The number of hydrogen-bond donors (Lipinski definition) is 1. The third-order valence-corrected chi connectivity index (χ3v) is 7.77. The molecule has 0 amide bonds. The lowest BCUT2D eigenvalue weighted by atomic mass is 9.90. The highest BCUT2D eigenvalue weighted by Gasteiger charge is 2.32. The van der Waals surface area contributed by atoms with Gasteiger partial charge < -0.3 is 19.3 Å². The van der Waals surface area contributed by atoms with E-state index in [1.54, 1.807) is 13.8 Å². The maximum atomic E-state index is 11.5. The number of rotatable bonds is 10. The Morgan fingerprint density at radius 1 is 0.763 bits per heavy atom. The first-order valence-corrected chi connectivity index (χ1v) is 14.4. The monoisotopic (exact) mass is 524 g/mol. The fourth-order valence-electron chi connectivity index (χ4n) is 5.03. The van der Waals surface area contributed by atoms with Crippen LogP contribution in [0.2, 0.25) is 0 Å². The van der Waals surface area contributed by atoms with Crippen LogP contribution >= 0.6 is 0 Å². The quantitative estimate of drug-likeness (QED) is 0.248. The van der Waals surface area contributed by atoms with E-state index in [1.165, 1.54) is 31.2 Å². The number of benzene rings is 2. The van der Waals surface area contributed by atoms with Crippen molar-refractivity contribution in [2.75, 3.05) is 6.79 Å². The fourth-order valence-corrected chi connectivity index (χ4v) is 5.03. The Morgan fingerprint density at radius 2 is 1.24 bits per heavy atom. The molecule has 2 aliphatic carbocycles. The van der Waals surface area contributed by atoms with Crippen molar-refractivity contribution in [2.45, 2.75) is 111 Å². The smallest absolute Gasteiger partial charge is 0.507 e. The number of carbonyl (C=O) groups excluding carboxylic acids is 1. The molecule has 210 valence electrons. The molecule has 0 radical (unpaired) electrons. The van der Waals surface area contributed by atoms with Crippen LogP contribution in [0.5, 0.6) is 11.5 Å². The second-order valence-corrected chi connectivity index (χ2v) is 11.9. The minimum absolute atomic E-state index is 0.125. The highest BCUT2D eigenvalue weighted by molar-refractivity contribution is 5.60. The number of ether oxygens (including phenoxy) is 3. The van der Waals surface area contributed by atoms with Crippen LogP contribution in [0.1, 0.15) is 127 Å². The van der Waals surface area contributed by atoms with Crippen molar-refractivity contribution in [3.63, 3.8) is 0 Å². The molecule has 2 atom stereocenters. The van der Waals surface area contributed by atoms with E-state index in [9.17, 15) is 9.90 Å². The average Bonchev–Trinajstić information content (AvgIpc) is 3.76. The van der Waals surface area contributed by atoms with E-state index in [-0.39, 0.29) is 12.9 Å². The van der Waals surface area contributed by atoms with Crippen molar-refractivity contribution in [1.29, 1.82) is 0 Å². The SMILES string of the molecule is CC(C)OC(=O)OCOc1c(C(C)C)cccc1[C@H](C)C1CC1.CC(C)c1cccc([C@H](C)C2CC2)c1O. The van der Waals surface area contributed by atoms with E-state index in [0.29, 0.717) is 29.4 Å². The first kappa shape index (κ1) is 29.9. The lowest BCUT2D eigenvalue weighted by molar-refractivity contribution is -0.00885. The summed E-state index contributed by atoms with van der Waals surface area (Å²) in [6.45, 7) is 16.5. The Bertz CT molecular complexity index is 1050. The largest absolute Gasteiger partial charge is 0.511 e. The van der Waals surface area contributed by atoms with Gasteiger partial charge in [-0.15, -0.1) is 0 Å². The molecule has 2 aliphatic rings. The lowest BCUT2D eigenvalue weighted by Gasteiger charge is -2.21. The Hall–Kier alpha value is -2.69. The number of aromatic hydroxyl groups is 1. The van der Waals surface area contributed by atoms with Gasteiger partial charge in [-0.2, -0.15) is 0 Å². The van der Waals surface area contributed by atoms with Gasteiger partial charge in [0.25, 0.3) is 0 Å². The number of phenols is 1. The third kappa shape index (κ3) is 8.15. The zero-order chi connectivity index (χ0) is 28.0. The highest BCUT2D eigenvalue weighted by atomic mass is 16.8. The predicted octanol–water partition coefficient (Wildman–Crippen LogP) is 9.25. The van der Waals surface area contributed by atoms with Gasteiger partial charge in [-0.25, -0.2) is 4.79 Å². The van der Waals surface area contributed by atoms with Crippen LogP contribution < -0.4 is 4.74 Å². The Morgan fingerprint density at radius 3 is 1.74 bits per heavy atom. The van der Waals surface area contributed by atoms with Gasteiger partial charge in [0.2, 0.25) is 6.79 Å². The zero-order valence-corrected chi connectivity index (χ0v) is 24.6. The molecule has 0 unspecified atom stereocenters. The van der Waals surface area contributed by atoms with Crippen molar-refractivity contribution >= 4 is 6.16 Å². The van der Waals surface area contributed by atoms with Crippen molar-refractivity contribution < 1.29 is 24.1 Å². The summed E-state index contributed by atoms with van der Waals surface area (Å²) in [6.07, 6.45) is 4.32. The number of para-hydroxylation sites is 2. The summed E-state index contributed by atoms with van der Waals surface area (Å²) in [4.78, 5) is 11.5. The minimum Gasteiger partial charge on any atom is -0.507 e. The number of phenolic OH excluding ortho intramolecular Hbond substituents is 1. The summed E-state index contributed by atoms with van der Waals surface area (Å²) in [5.41, 5.74) is 4.58. The van der Waals surface area contributed by atoms with Crippen molar-refractivity contribution in [2.24, 2.45) is 11.8 Å². The van der Waals surface area contributed by atoms with E-state index >= 15 is 0 Å². The van der Waals surface area contributed by atoms with E-state index in [4.69, 9.17) is 14.2 Å². The molecule has 5 heteroatoms. The molecule has 5 nitrogen and oxygen atoms in total. The number of hydrogen-bond acceptors (Lipinski definition) is 5. The molecule has 2 aromatic rings. The van der Waals surface area contributed by atoms with Crippen LogP contribution in [0.4, 0.5) is 4.79 Å². The van der Waals surface area contributed by atoms with Crippen LogP contribution in [0.3, 0.4) is 0 Å². The standard InChI is InChI=1S/C19H28O4.C14H20O/c1-12(2)16-7-6-8-17(14(5)15-9-10-15)18(16)21-11-22-19(20)23-13(3)4;1-9(2)12-5-4-6-13(14(12)15)10(3)11-7-8-11/h6-8,12-15H,9-11H2,1-5H3;4-6,9-11,15H,7-8H2,1-3H3/t14-;10-/m11/s1. The molecule has 4 rings (SSSR count). The van der Waals surface area contributed by atoms with Gasteiger partial charge in [0.15, 0.2) is 0 Å². The summed E-state index contributed by atoms with van der Waals surface area (Å²) >= 11 is 0. The molecule has 0 aliphatic heterocycles. The minimum atomic E-state index is -0.696. The molecule has 2 saturated carbocycles. The molecule has 38 heavy (non-hydrogen) atoms. The van der Waals surface area contributed by atoms with Crippen LogP contribution in [-0.2, 0) is 9.47 Å². The van der Waals surface area contributed by atoms with Crippen molar-refractivity contribution in [1.82, 2.24) is 0 Å². The molecule has 0 saturated heterocycles. The van der Waals surface area contributed by atoms with Crippen LogP contribution in [0.25, 0.3) is 0 Å². The fraction of sp³-hybridized carbons (Fsp3) is 0.606. The van der Waals surface area contributed by atoms with Crippen molar-refractivity contribution in [3.8, 4) is 11.5 Å². The molecule has 1 N–H and O–H groups in total. The van der Waals surface area contributed by atoms with Gasteiger partial charge >= 0.3 is 6.16 Å². The van der Waals surface area contributed by atoms with Gasteiger partial charge in [0.1, 0.15) is 11.5 Å². The zero-order valence-electron chi connectivity index (χ0n) is 24.6. The number of carbonyl (C=O) groups is 1. The normalized spacial score (nSPS) is 16.6. The summed E-state index contributed by atoms with van der Waals surface area (Å²) in [7, 11) is 0. The van der Waals surface area contributed by atoms with E-state index in [1.807, 2.05) is 6.07 Å². The molecular formula is C33H48O5.